The SMILES string of the molecule is CC.CN[C@H]1CCCC(C[C@H]2CCc3ccccc3[C@@H]2Oc2cccc3cc(C)ccc23)C1. The van der Waals surface area contributed by atoms with Crippen molar-refractivity contribution in [3.05, 3.63) is 77.4 Å². The summed E-state index contributed by atoms with van der Waals surface area (Å²) in [5.74, 6) is 2.42. The molecule has 0 bridgehead atoms. The Kier molecular flexibility index (Phi) is 8.09. The van der Waals surface area contributed by atoms with E-state index < -0.39 is 0 Å². The van der Waals surface area contributed by atoms with Crippen LogP contribution in [0.25, 0.3) is 10.8 Å². The lowest BCUT2D eigenvalue weighted by Crippen LogP contribution is -2.34. The van der Waals surface area contributed by atoms with Crippen LogP contribution in [0.1, 0.15) is 75.2 Å². The zero-order chi connectivity index (χ0) is 23.2. The van der Waals surface area contributed by atoms with E-state index in [4.69, 9.17) is 4.74 Å². The number of ether oxygens (including phenoxy) is 1. The van der Waals surface area contributed by atoms with Gasteiger partial charge in [0.25, 0.3) is 0 Å². The smallest absolute Gasteiger partial charge is 0.128 e. The summed E-state index contributed by atoms with van der Waals surface area (Å²) in [6.45, 7) is 6.16. The molecule has 4 atom stereocenters. The minimum absolute atomic E-state index is 0.145. The second-order valence-corrected chi connectivity index (χ2v) is 9.77. The Balaban J connectivity index is 0.00000126. The fourth-order valence-corrected chi connectivity index (χ4v) is 6.00. The molecular weight excluding hydrogens is 402 g/mol. The lowest BCUT2D eigenvalue weighted by Gasteiger charge is -2.38. The number of nitrogens with one attached hydrogen (secondary N) is 1. The molecule has 176 valence electrons. The molecule has 1 saturated carbocycles. The van der Waals surface area contributed by atoms with E-state index in [1.807, 2.05) is 13.8 Å². The molecule has 1 unspecified atom stereocenters. The first-order chi connectivity index (χ1) is 16.2. The average molecular weight is 444 g/mol. The predicted molar refractivity (Wildman–Crippen MR) is 141 cm³/mol. The van der Waals surface area contributed by atoms with Gasteiger partial charge in [-0.1, -0.05) is 86.8 Å². The number of hydrogen-bond acceptors (Lipinski definition) is 2. The third kappa shape index (κ3) is 5.44. The summed E-state index contributed by atoms with van der Waals surface area (Å²) in [5, 5.41) is 6.02. The van der Waals surface area contributed by atoms with E-state index in [0.29, 0.717) is 12.0 Å². The van der Waals surface area contributed by atoms with Crippen LogP contribution in [0.15, 0.2) is 60.7 Å². The van der Waals surface area contributed by atoms with Gasteiger partial charge in [-0.3, -0.25) is 0 Å². The Bertz CT molecular complexity index is 1040. The lowest BCUT2D eigenvalue weighted by molar-refractivity contribution is 0.0934. The summed E-state index contributed by atoms with van der Waals surface area (Å²) in [7, 11) is 2.12. The summed E-state index contributed by atoms with van der Waals surface area (Å²) >= 11 is 0. The molecule has 2 nitrogen and oxygen atoms in total. The maximum Gasteiger partial charge on any atom is 0.128 e. The van der Waals surface area contributed by atoms with Gasteiger partial charge in [-0.25, -0.2) is 0 Å². The van der Waals surface area contributed by atoms with Crippen LogP contribution < -0.4 is 10.1 Å². The molecule has 2 aliphatic carbocycles. The number of benzene rings is 3. The van der Waals surface area contributed by atoms with Crippen molar-refractivity contribution in [2.24, 2.45) is 11.8 Å². The quantitative estimate of drug-likeness (QED) is 0.431. The van der Waals surface area contributed by atoms with Gasteiger partial charge >= 0.3 is 0 Å². The van der Waals surface area contributed by atoms with Gasteiger partial charge in [0.2, 0.25) is 0 Å². The molecule has 5 rings (SSSR count). The first kappa shape index (κ1) is 23.8. The van der Waals surface area contributed by atoms with Crippen molar-refractivity contribution in [2.45, 2.75) is 77.9 Å². The van der Waals surface area contributed by atoms with E-state index in [1.54, 1.807) is 0 Å². The van der Waals surface area contributed by atoms with Crippen LogP contribution in [-0.2, 0) is 6.42 Å². The maximum atomic E-state index is 6.93. The molecule has 1 fully saturated rings. The van der Waals surface area contributed by atoms with E-state index >= 15 is 0 Å². The number of fused-ring (bicyclic) bond motifs is 2. The third-order valence-corrected chi connectivity index (χ3v) is 7.65. The summed E-state index contributed by atoms with van der Waals surface area (Å²) in [5.41, 5.74) is 4.17. The van der Waals surface area contributed by atoms with Crippen molar-refractivity contribution in [2.75, 3.05) is 7.05 Å². The van der Waals surface area contributed by atoms with Crippen LogP contribution in [0, 0.1) is 18.8 Å². The average Bonchev–Trinajstić information content (AvgIpc) is 2.86. The Morgan fingerprint density at radius 1 is 0.939 bits per heavy atom. The van der Waals surface area contributed by atoms with Gasteiger partial charge in [-0.15, -0.1) is 0 Å². The second-order valence-electron chi connectivity index (χ2n) is 9.77. The monoisotopic (exact) mass is 443 g/mol. The van der Waals surface area contributed by atoms with Crippen molar-refractivity contribution in [3.63, 3.8) is 0 Å². The number of rotatable bonds is 5. The van der Waals surface area contributed by atoms with E-state index in [9.17, 15) is 0 Å². The highest BCUT2D eigenvalue weighted by molar-refractivity contribution is 5.88. The van der Waals surface area contributed by atoms with E-state index in [0.717, 1.165) is 11.7 Å². The Hall–Kier alpha value is -2.32. The van der Waals surface area contributed by atoms with Gasteiger partial charge in [-0.2, -0.15) is 0 Å². The summed E-state index contributed by atoms with van der Waals surface area (Å²) < 4.78 is 6.93. The van der Waals surface area contributed by atoms with Crippen molar-refractivity contribution in [1.29, 1.82) is 0 Å². The van der Waals surface area contributed by atoms with Crippen molar-refractivity contribution >= 4 is 10.8 Å². The summed E-state index contributed by atoms with van der Waals surface area (Å²) in [4.78, 5) is 0. The zero-order valence-electron chi connectivity index (χ0n) is 20.9. The van der Waals surface area contributed by atoms with Crippen LogP contribution in [0.4, 0.5) is 0 Å². The molecule has 3 aromatic rings. The third-order valence-electron chi connectivity index (χ3n) is 7.65. The second kappa shape index (κ2) is 11.2. The molecule has 0 aliphatic heterocycles. The highest BCUT2D eigenvalue weighted by atomic mass is 16.5. The molecule has 0 radical (unpaired) electrons. The molecule has 2 heteroatoms. The summed E-state index contributed by atoms with van der Waals surface area (Å²) in [6.07, 6.45) is 9.20. The van der Waals surface area contributed by atoms with Crippen molar-refractivity contribution in [3.8, 4) is 5.75 Å². The number of aryl methyl sites for hydroxylation is 2. The van der Waals surface area contributed by atoms with Crippen molar-refractivity contribution < 1.29 is 4.74 Å². The number of hydrogen-bond donors (Lipinski definition) is 1. The fourth-order valence-electron chi connectivity index (χ4n) is 6.00. The molecule has 0 saturated heterocycles. The fraction of sp³-hybridized carbons (Fsp3) is 0.484. The first-order valence-corrected chi connectivity index (χ1v) is 13.1. The maximum absolute atomic E-state index is 6.93. The summed E-state index contributed by atoms with van der Waals surface area (Å²) in [6, 6.07) is 22.8. The Morgan fingerprint density at radius 3 is 2.64 bits per heavy atom. The molecule has 3 aromatic carbocycles. The van der Waals surface area contributed by atoms with Gasteiger partial charge in [0.15, 0.2) is 0 Å². The molecular formula is C31H41NO. The standard InChI is InChI=1S/C29H35NO.C2H6/c1-20-13-16-26-23(17-20)9-6-12-28(26)31-29-24(15-14-22-8-3-4-11-27(22)29)18-21-7-5-10-25(19-21)30-2;1-2/h3-4,6,8-9,11-13,16-17,21,24-25,29-30H,5,7,10,14-15,18-19H2,1-2H3;1-2H3/t21?,24-,25+,29-;/m1./s1. The van der Waals surface area contributed by atoms with E-state index in [1.165, 1.54) is 72.4 Å². The molecule has 0 aromatic heterocycles. The highest BCUT2D eigenvalue weighted by Crippen LogP contribution is 2.44. The molecule has 1 N–H and O–H groups in total. The van der Waals surface area contributed by atoms with Gasteiger partial charge in [0.1, 0.15) is 11.9 Å². The lowest BCUT2D eigenvalue weighted by atomic mass is 9.73. The molecule has 33 heavy (non-hydrogen) atoms. The molecule has 0 heterocycles. The minimum atomic E-state index is 0.145. The van der Waals surface area contributed by atoms with Crippen molar-refractivity contribution in [1.82, 2.24) is 5.32 Å². The zero-order valence-corrected chi connectivity index (χ0v) is 20.9. The van der Waals surface area contributed by atoms with Crippen LogP contribution in [0.3, 0.4) is 0 Å². The minimum Gasteiger partial charge on any atom is -0.485 e. The largest absolute Gasteiger partial charge is 0.485 e. The Morgan fingerprint density at radius 2 is 1.79 bits per heavy atom. The highest BCUT2D eigenvalue weighted by Gasteiger charge is 2.34. The van der Waals surface area contributed by atoms with Gasteiger partial charge in [0.05, 0.1) is 0 Å². The van der Waals surface area contributed by atoms with Crippen LogP contribution in [0.2, 0.25) is 0 Å². The first-order valence-electron chi connectivity index (χ1n) is 13.1. The normalized spacial score (nSPS) is 24.5. The van der Waals surface area contributed by atoms with E-state index in [-0.39, 0.29) is 6.10 Å². The van der Waals surface area contributed by atoms with Crippen LogP contribution in [0.5, 0.6) is 5.75 Å². The Labute approximate surface area is 200 Å². The van der Waals surface area contributed by atoms with Gasteiger partial charge in [0, 0.05) is 17.3 Å². The molecule has 2 aliphatic rings. The topological polar surface area (TPSA) is 21.3 Å². The van der Waals surface area contributed by atoms with Gasteiger partial charge < -0.3 is 10.1 Å². The van der Waals surface area contributed by atoms with Gasteiger partial charge in [-0.05, 0) is 74.6 Å². The molecule has 0 spiro atoms. The van der Waals surface area contributed by atoms with Crippen LogP contribution >= 0.6 is 0 Å². The van der Waals surface area contributed by atoms with Crippen LogP contribution in [-0.4, -0.2) is 13.1 Å². The molecule has 0 amide bonds. The predicted octanol–water partition coefficient (Wildman–Crippen LogP) is 8.03. The van der Waals surface area contributed by atoms with E-state index in [2.05, 4.69) is 80.0 Å².